The number of nitrogens with zero attached hydrogens (tertiary/aromatic N) is 1. The summed E-state index contributed by atoms with van der Waals surface area (Å²) in [4.78, 5) is 17.2. The normalized spacial score (nSPS) is 17.3. The number of carbonyl (C=O) groups is 1. The van der Waals surface area contributed by atoms with E-state index >= 15 is 0 Å². The van der Waals surface area contributed by atoms with Crippen LogP contribution in [0.2, 0.25) is 0 Å². The Hall–Kier alpha value is -2.53. The molecule has 3 rings (SSSR count). The topological polar surface area (TPSA) is 50.7 Å². The van der Waals surface area contributed by atoms with Gasteiger partial charge in [0.15, 0.2) is 5.17 Å². The standard InChI is InChI=1S/C19H18N2O2S/c1-3-23-16-9-7-15(8-10-16)20-19-21-18(22)17(24-19)12-14-6-4-5-13(2)11-14/h4-12H,3H2,1-2H3,(H,20,21,22)/b17-12+. The first-order chi connectivity index (χ1) is 11.6. The molecule has 1 aliphatic rings. The highest BCUT2D eigenvalue weighted by Crippen LogP contribution is 2.28. The molecule has 1 N–H and O–H groups in total. The Morgan fingerprint density at radius 3 is 2.71 bits per heavy atom. The Morgan fingerprint density at radius 1 is 1.21 bits per heavy atom. The van der Waals surface area contributed by atoms with E-state index in [1.807, 2.05) is 68.5 Å². The van der Waals surface area contributed by atoms with Crippen molar-refractivity contribution in [2.45, 2.75) is 13.8 Å². The lowest BCUT2D eigenvalue weighted by Crippen LogP contribution is -2.19. The second-order valence-electron chi connectivity index (χ2n) is 5.32. The number of aryl methyl sites for hydroxylation is 1. The van der Waals surface area contributed by atoms with Gasteiger partial charge >= 0.3 is 0 Å². The summed E-state index contributed by atoms with van der Waals surface area (Å²) in [6.07, 6.45) is 1.88. The zero-order chi connectivity index (χ0) is 16.9. The van der Waals surface area contributed by atoms with Crippen molar-refractivity contribution in [3.05, 3.63) is 64.6 Å². The van der Waals surface area contributed by atoms with Gasteiger partial charge in [0.1, 0.15) is 5.75 Å². The van der Waals surface area contributed by atoms with E-state index in [1.54, 1.807) is 0 Å². The molecule has 0 unspecified atom stereocenters. The van der Waals surface area contributed by atoms with E-state index in [0.717, 1.165) is 22.6 Å². The fraction of sp³-hybridized carbons (Fsp3) is 0.158. The predicted molar refractivity (Wildman–Crippen MR) is 99.6 cm³/mol. The highest BCUT2D eigenvalue weighted by atomic mass is 32.2. The average molecular weight is 338 g/mol. The third-order valence-corrected chi connectivity index (χ3v) is 4.28. The molecule has 2 aromatic carbocycles. The highest BCUT2D eigenvalue weighted by molar-refractivity contribution is 8.18. The molecule has 1 amide bonds. The van der Waals surface area contributed by atoms with Crippen LogP contribution in [0.5, 0.6) is 5.75 Å². The number of rotatable bonds is 4. The second kappa shape index (κ2) is 7.36. The Morgan fingerprint density at radius 2 is 2.00 bits per heavy atom. The first-order valence-electron chi connectivity index (χ1n) is 7.73. The monoisotopic (exact) mass is 338 g/mol. The molecular formula is C19H18N2O2S. The number of amidine groups is 1. The molecule has 24 heavy (non-hydrogen) atoms. The lowest BCUT2D eigenvalue weighted by atomic mass is 10.1. The van der Waals surface area contributed by atoms with Gasteiger partial charge < -0.3 is 10.1 Å². The smallest absolute Gasteiger partial charge is 0.264 e. The molecule has 2 aromatic rings. The zero-order valence-electron chi connectivity index (χ0n) is 13.6. The first kappa shape index (κ1) is 16.3. The van der Waals surface area contributed by atoms with Crippen LogP contribution < -0.4 is 10.1 Å². The maximum absolute atomic E-state index is 12.1. The minimum absolute atomic E-state index is 0.119. The number of aliphatic imine (C=N–C) groups is 1. The molecule has 1 saturated heterocycles. The van der Waals surface area contributed by atoms with Crippen molar-refractivity contribution in [2.75, 3.05) is 6.61 Å². The molecule has 1 aliphatic heterocycles. The molecule has 122 valence electrons. The number of ether oxygens (including phenoxy) is 1. The summed E-state index contributed by atoms with van der Waals surface area (Å²) >= 11 is 1.35. The van der Waals surface area contributed by atoms with Crippen LogP contribution in [0, 0.1) is 6.92 Å². The van der Waals surface area contributed by atoms with Gasteiger partial charge in [0.05, 0.1) is 17.2 Å². The quantitative estimate of drug-likeness (QED) is 0.846. The van der Waals surface area contributed by atoms with E-state index in [1.165, 1.54) is 11.8 Å². The van der Waals surface area contributed by atoms with E-state index in [-0.39, 0.29) is 5.91 Å². The molecule has 0 radical (unpaired) electrons. The number of hydrogen-bond donors (Lipinski definition) is 1. The van der Waals surface area contributed by atoms with E-state index in [9.17, 15) is 4.79 Å². The Bertz CT molecular complexity index is 810. The van der Waals surface area contributed by atoms with Crippen molar-refractivity contribution in [1.82, 2.24) is 5.32 Å². The van der Waals surface area contributed by atoms with Crippen molar-refractivity contribution in [2.24, 2.45) is 4.99 Å². The van der Waals surface area contributed by atoms with Gasteiger partial charge in [0.2, 0.25) is 0 Å². The third kappa shape index (κ3) is 4.06. The minimum Gasteiger partial charge on any atom is -0.494 e. The molecule has 0 bridgehead atoms. The van der Waals surface area contributed by atoms with E-state index in [2.05, 4.69) is 10.3 Å². The Kier molecular flexibility index (Phi) is 5.01. The van der Waals surface area contributed by atoms with Crippen LogP contribution in [0.1, 0.15) is 18.1 Å². The van der Waals surface area contributed by atoms with E-state index in [4.69, 9.17) is 4.74 Å². The van der Waals surface area contributed by atoms with Crippen LogP contribution in [-0.2, 0) is 4.79 Å². The van der Waals surface area contributed by atoms with Crippen LogP contribution in [-0.4, -0.2) is 17.7 Å². The number of benzene rings is 2. The molecule has 0 atom stereocenters. The fourth-order valence-corrected chi connectivity index (χ4v) is 3.13. The molecule has 0 spiro atoms. The number of amides is 1. The van der Waals surface area contributed by atoms with Gasteiger partial charge in [-0.15, -0.1) is 0 Å². The summed E-state index contributed by atoms with van der Waals surface area (Å²) < 4.78 is 5.41. The third-order valence-electron chi connectivity index (χ3n) is 3.37. The summed E-state index contributed by atoms with van der Waals surface area (Å²) in [7, 11) is 0. The maximum atomic E-state index is 12.1. The van der Waals surface area contributed by atoms with Crippen LogP contribution in [0.25, 0.3) is 6.08 Å². The van der Waals surface area contributed by atoms with Crippen molar-refractivity contribution >= 4 is 34.6 Å². The summed E-state index contributed by atoms with van der Waals surface area (Å²) in [6.45, 7) is 4.61. The first-order valence-corrected chi connectivity index (χ1v) is 8.55. The predicted octanol–water partition coefficient (Wildman–Crippen LogP) is 4.29. The fourth-order valence-electron chi connectivity index (χ4n) is 2.29. The van der Waals surface area contributed by atoms with Crippen molar-refractivity contribution in [3.63, 3.8) is 0 Å². The molecule has 1 fully saturated rings. The number of hydrogen-bond acceptors (Lipinski definition) is 4. The molecule has 5 heteroatoms. The van der Waals surface area contributed by atoms with Gasteiger partial charge in [-0.1, -0.05) is 29.8 Å². The lowest BCUT2D eigenvalue weighted by Gasteiger charge is -2.02. The maximum Gasteiger partial charge on any atom is 0.264 e. The van der Waals surface area contributed by atoms with Gasteiger partial charge in [0, 0.05) is 0 Å². The van der Waals surface area contributed by atoms with Gasteiger partial charge in [-0.25, -0.2) is 4.99 Å². The van der Waals surface area contributed by atoms with Gasteiger partial charge in [-0.2, -0.15) is 0 Å². The molecule has 0 saturated carbocycles. The van der Waals surface area contributed by atoms with Crippen molar-refractivity contribution in [1.29, 1.82) is 0 Å². The van der Waals surface area contributed by atoms with E-state index in [0.29, 0.717) is 16.7 Å². The summed E-state index contributed by atoms with van der Waals surface area (Å²) in [5.74, 6) is 0.691. The Balaban J connectivity index is 1.76. The molecular weight excluding hydrogens is 320 g/mol. The second-order valence-corrected chi connectivity index (χ2v) is 6.35. The van der Waals surface area contributed by atoms with Crippen LogP contribution in [0.4, 0.5) is 5.69 Å². The molecule has 0 aromatic heterocycles. The van der Waals surface area contributed by atoms with Gasteiger partial charge in [0.25, 0.3) is 5.91 Å². The average Bonchev–Trinajstić information content (AvgIpc) is 2.89. The number of carbonyl (C=O) groups excluding carboxylic acids is 1. The number of thioether (sulfide) groups is 1. The van der Waals surface area contributed by atoms with Gasteiger partial charge in [-0.05, 0) is 61.5 Å². The van der Waals surface area contributed by atoms with Crippen LogP contribution in [0.3, 0.4) is 0 Å². The lowest BCUT2D eigenvalue weighted by molar-refractivity contribution is -0.115. The van der Waals surface area contributed by atoms with E-state index < -0.39 is 0 Å². The summed E-state index contributed by atoms with van der Waals surface area (Å²) in [6, 6.07) is 15.5. The summed E-state index contributed by atoms with van der Waals surface area (Å²) in [5, 5.41) is 3.39. The number of nitrogens with one attached hydrogen (secondary N) is 1. The Labute approximate surface area is 145 Å². The largest absolute Gasteiger partial charge is 0.494 e. The van der Waals surface area contributed by atoms with Gasteiger partial charge in [-0.3, -0.25) is 4.79 Å². The van der Waals surface area contributed by atoms with Crippen molar-refractivity contribution < 1.29 is 9.53 Å². The zero-order valence-corrected chi connectivity index (χ0v) is 14.4. The summed E-state index contributed by atoms with van der Waals surface area (Å²) in [5.41, 5.74) is 2.95. The van der Waals surface area contributed by atoms with Crippen molar-refractivity contribution in [3.8, 4) is 5.75 Å². The molecule has 1 heterocycles. The minimum atomic E-state index is -0.119. The molecule has 0 aliphatic carbocycles. The SMILES string of the molecule is CCOc1ccc(N=C2NC(=O)/C(=C\c3cccc(C)c3)S2)cc1. The molecule has 4 nitrogen and oxygen atoms in total. The van der Waals surface area contributed by atoms with Crippen LogP contribution in [0.15, 0.2) is 58.4 Å². The van der Waals surface area contributed by atoms with Crippen LogP contribution >= 0.6 is 11.8 Å². The highest BCUT2D eigenvalue weighted by Gasteiger charge is 2.23.